The van der Waals surface area contributed by atoms with Crippen molar-refractivity contribution in [3.05, 3.63) is 108 Å². The van der Waals surface area contributed by atoms with E-state index in [1.54, 1.807) is 0 Å². The maximum absolute atomic E-state index is 11.2. The number of nitrogens with two attached hydrogens (primary N) is 2. The Bertz CT molecular complexity index is 1210. The van der Waals surface area contributed by atoms with Crippen molar-refractivity contribution in [1.82, 2.24) is 16.0 Å². The molecule has 1 unspecified atom stereocenters. The second kappa shape index (κ2) is 19.1. The average molecular weight is 566 g/mol. The van der Waals surface area contributed by atoms with Crippen molar-refractivity contribution in [3.8, 4) is 0 Å². The highest BCUT2D eigenvalue weighted by Crippen LogP contribution is 2.06. The molecule has 0 aliphatic carbocycles. The monoisotopic (exact) mass is 565 g/mol. The van der Waals surface area contributed by atoms with E-state index in [2.05, 4.69) is 16.0 Å². The van der Waals surface area contributed by atoms with Crippen LogP contribution in [0.2, 0.25) is 0 Å². The standard InChI is InChI=1S/C10H10N2O2.C9H12N2O2.C9H11NO2.CH2O/c13-9-8(11-10(14)12-9)6-7-4-2-1-3-5-7;10-9(13)11-8(12)6-7-4-2-1-3-5-7;10-8(9(11)12)6-7-4-2-1-3-5-7;1-2/h1-5,8H,6H2,(H2,11,12,13,14);1-5,8,12H,6H2,(H3,10,11,13);1-5,8H,6,10H2,(H,11,12);1H2/t;2*8-;/m.01./s1. The fraction of sp³-hybridized carbons (Fsp3) is 0.207. The molecule has 1 aliphatic rings. The van der Waals surface area contributed by atoms with Crippen molar-refractivity contribution in [1.29, 1.82) is 0 Å². The molecule has 0 radical (unpaired) electrons. The van der Waals surface area contributed by atoms with Gasteiger partial charge in [0.15, 0.2) is 0 Å². The number of amides is 5. The molecule has 0 aromatic heterocycles. The van der Waals surface area contributed by atoms with Crippen LogP contribution < -0.4 is 27.4 Å². The average Bonchev–Trinajstić information content (AvgIpc) is 3.27. The minimum atomic E-state index is -0.959. The number of urea groups is 2. The number of aliphatic hydroxyl groups excluding tert-OH is 1. The molecule has 1 fully saturated rings. The van der Waals surface area contributed by atoms with Gasteiger partial charge >= 0.3 is 18.0 Å². The van der Waals surface area contributed by atoms with Crippen LogP contribution in [0.25, 0.3) is 0 Å². The van der Waals surface area contributed by atoms with Crippen molar-refractivity contribution in [2.75, 3.05) is 0 Å². The zero-order chi connectivity index (χ0) is 30.6. The van der Waals surface area contributed by atoms with Crippen LogP contribution in [0.15, 0.2) is 91.0 Å². The molecule has 1 heterocycles. The number of benzene rings is 3. The van der Waals surface area contributed by atoms with E-state index in [9.17, 15) is 24.3 Å². The first-order valence-corrected chi connectivity index (χ1v) is 12.4. The molecular formula is C29H35N5O7. The molecule has 0 saturated carbocycles. The molecule has 4 rings (SSSR count). The predicted octanol–water partition coefficient (Wildman–Crippen LogP) is 1.11. The van der Waals surface area contributed by atoms with E-state index in [1.165, 1.54) is 0 Å². The molecular weight excluding hydrogens is 530 g/mol. The SMILES string of the molecule is C=O.NC(=O)N[C@@H](O)Cc1ccccc1.N[C@H](Cc1ccccc1)C(=O)O.O=C1NC(=O)C(Cc2ccccc2)N1. The minimum absolute atomic E-state index is 0.251. The van der Waals surface area contributed by atoms with Crippen LogP contribution in [0.3, 0.4) is 0 Å². The maximum atomic E-state index is 11.2. The fourth-order valence-corrected chi connectivity index (χ4v) is 3.46. The number of hydrogen-bond donors (Lipinski definition) is 7. The number of aliphatic hydroxyl groups is 1. The number of rotatable bonds is 8. The van der Waals surface area contributed by atoms with Gasteiger partial charge in [0.2, 0.25) is 0 Å². The number of carbonyl (C=O) groups is 5. The van der Waals surface area contributed by atoms with Crippen LogP contribution in [0.5, 0.6) is 0 Å². The van der Waals surface area contributed by atoms with Gasteiger partial charge in [0, 0.05) is 12.8 Å². The maximum Gasteiger partial charge on any atom is 0.322 e. The molecule has 3 aromatic rings. The van der Waals surface area contributed by atoms with Gasteiger partial charge in [0.1, 0.15) is 25.1 Å². The highest BCUT2D eigenvalue weighted by molar-refractivity contribution is 6.04. The van der Waals surface area contributed by atoms with Crippen LogP contribution in [0.1, 0.15) is 16.7 Å². The summed E-state index contributed by atoms with van der Waals surface area (Å²) >= 11 is 0. The van der Waals surface area contributed by atoms with E-state index in [-0.39, 0.29) is 5.91 Å². The second-order valence-electron chi connectivity index (χ2n) is 8.55. The van der Waals surface area contributed by atoms with Crippen molar-refractivity contribution in [2.45, 2.75) is 37.6 Å². The molecule has 1 saturated heterocycles. The van der Waals surface area contributed by atoms with E-state index >= 15 is 0 Å². The second-order valence-corrected chi connectivity index (χ2v) is 8.55. The van der Waals surface area contributed by atoms with Crippen LogP contribution >= 0.6 is 0 Å². The largest absolute Gasteiger partial charge is 0.480 e. The molecule has 3 aromatic carbocycles. The first-order valence-electron chi connectivity index (χ1n) is 12.4. The van der Waals surface area contributed by atoms with E-state index in [1.807, 2.05) is 97.8 Å². The fourth-order valence-electron chi connectivity index (χ4n) is 3.46. The lowest BCUT2D eigenvalue weighted by atomic mass is 10.1. The van der Waals surface area contributed by atoms with E-state index in [4.69, 9.17) is 21.4 Å². The Hall–Kier alpha value is -5.07. The molecule has 0 bridgehead atoms. The highest BCUT2D eigenvalue weighted by atomic mass is 16.4. The molecule has 12 heteroatoms. The van der Waals surface area contributed by atoms with E-state index < -0.39 is 36.3 Å². The van der Waals surface area contributed by atoms with Crippen LogP contribution in [-0.4, -0.2) is 59.3 Å². The molecule has 41 heavy (non-hydrogen) atoms. The van der Waals surface area contributed by atoms with E-state index in [0.29, 0.717) is 19.3 Å². The lowest BCUT2D eigenvalue weighted by molar-refractivity contribution is -0.138. The van der Waals surface area contributed by atoms with Crippen molar-refractivity contribution < 1.29 is 34.2 Å². The minimum Gasteiger partial charge on any atom is -0.480 e. The van der Waals surface area contributed by atoms with Crippen LogP contribution in [0, 0.1) is 0 Å². The summed E-state index contributed by atoms with van der Waals surface area (Å²) in [4.78, 5) is 50.7. The Balaban J connectivity index is 0.000000299. The molecule has 9 N–H and O–H groups in total. The normalized spacial score (nSPS) is 14.5. The Kier molecular flexibility index (Phi) is 15.8. The summed E-state index contributed by atoms with van der Waals surface area (Å²) in [5.41, 5.74) is 13.1. The summed E-state index contributed by atoms with van der Waals surface area (Å²) in [6.07, 6.45) is 0.373. The Labute approximate surface area is 237 Å². The number of carboxylic acid groups (broad SMARTS) is 1. The topological polar surface area (TPSA) is 214 Å². The third kappa shape index (κ3) is 14.6. The predicted molar refractivity (Wildman–Crippen MR) is 152 cm³/mol. The van der Waals surface area contributed by atoms with Gasteiger partial charge in [-0.25, -0.2) is 9.59 Å². The summed E-state index contributed by atoms with van der Waals surface area (Å²) in [6, 6.07) is 25.9. The zero-order valence-corrected chi connectivity index (χ0v) is 22.3. The lowest BCUT2D eigenvalue weighted by Crippen LogP contribution is -2.39. The molecule has 1 aliphatic heterocycles. The summed E-state index contributed by atoms with van der Waals surface area (Å²) in [7, 11) is 0. The molecule has 3 atom stereocenters. The quantitative estimate of drug-likeness (QED) is 0.155. The van der Waals surface area contributed by atoms with Gasteiger partial charge in [0.05, 0.1) is 0 Å². The van der Waals surface area contributed by atoms with Crippen molar-refractivity contribution in [3.63, 3.8) is 0 Å². The molecule has 0 spiro atoms. The molecule has 5 amide bonds. The lowest BCUT2D eigenvalue weighted by Gasteiger charge is -2.10. The number of aliphatic carboxylic acids is 1. The van der Waals surface area contributed by atoms with Gasteiger partial charge in [-0.1, -0.05) is 91.0 Å². The van der Waals surface area contributed by atoms with Crippen LogP contribution in [0.4, 0.5) is 9.59 Å². The summed E-state index contributed by atoms with van der Waals surface area (Å²) < 4.78 is 0. The van der Waals surface area contributed by atoms with E-state index in [0.717, 1.165) is 16.7 Å². The smallest absolute Gasteiger partial charge is 0.322 e. The van der Waals surface area contributed by atoms with Crippen LogP contribution in [-0.2, 0) is 33.6 Å². The van der Waals surface area contributed by atoms with Crippen molar-refractivity contribution in [2.24, 2.45) is 11.5 Å². The van der Waals surface area contributed by atoms with Gasteiger partial charge < -0.3 is 37.1 Å². The van der Waals surface area contributed by atoms with Gasteiger partial charge in [-0.05, 0) is 23.1 Å². The Morgan fingerprint density at radius 2 is 1.27 bits per heavy atom. The number of nitrogens with one attached hydrogen (secondary N) is 3. The third-order valence-corrected chi connectivity index (χ3v) is 5.34. The zero-order valence-electron chi connectivity index (χ0n) is 22.3. The van der Waals surface area contributed by atoms with Gasteiger partial charge in [-0.3, -0.25) is 14.9 Å². The first-order chi connectivity index (χ1) is 19.6. The summed E-state index contributed by atoms with van der Waals surface area (Å²) in [5.74, 6) is -1.21. The molecule has 12 nitrogen and oxygen atoms in total. The van der Waals surface area contributed by atoms with Gasteiger partial charge in [-0.2, -0.15) is 0 Å². The van der Waals surface area contributed by atoms with Crippen molar-refractivity contribution >= 4 is 30.7 Å². The third-order valence-electron chi connectivity index (χ3n) is 5.34. The van der Waals surface area contributed by atoms with Gasteiger partial charge in [-0.15, -0.1) is 0 Å². The Morgan fingerprint density at radius 3 is 1.66 bits per heavy atom. The highest BCUT2D eigenvalue weighted by Gasteiger charge is 2.29. The summed E-state index contributed by atoms with van der Waals surface area (Å²) in [6.45, 7) is 2.00. The number of imide groups is 1. The number of carboxylic acids is 1. The van der Waals surface area contributed by atoms with Gasteiger partial charge in [0.25, 0.3) is 5.91 Å². The number of hydrogen-bond acceptors (Lipinski definition) is 7. The summed E-state index contributed by atoms with van der Waals surface area (Å²) in [5, 5.41) is 24.7. The number of primary amides is 1. The number of carbonyl (C=O) groups excluding carboxylic acids is 4. The Morgan fingerprint density at radius 1 is 0.829 bits per heavy atom. The first kappa shape index (κ1) is 34.0. The molecule has 218 valence electrons.